The van der Waals surface area contributed by atoms with Crippen molar-refractivity contribution in [3.63, 3.8) is 0 Å². The Bertz CT molecular complexity index is 508. The van der Waals surface area contributed by atoms with Gasteiger partial charge in [0.25, 0.3) is 0 Å². The highest BCUT2D eigenvalue weighted by Gasteiger charge is 2.19. The van der Waals surface area contributed by atoms with Gasteiger partial charge in [-0.1, -0.05) is 37.3 Å². The molecule has 1 saturated heterocycles. The summed E-state index contributed by atoms with van der Waals surface area (Å²) in [7, 11) is 0. The SMILES string of the molecule is CCNC(=NCC(C)N1CCN(CC)CC1)NCCCc1ccccc1. The van der Waals surface area contributed by atoms with E-state index in [-0.39, 0.29) is 0 Å². The standard InChI is InChI=1S/C21H37N5/c1-4-22-21(23-13-9-12-20-10-7-6-8-11-20)24-18-19(3)26-16-14-25(5-2)15-17-26/h6-8,10-11,19H,4-5,9,12-18H2,1-3H3,(H2,22,23,24). The van der Waals surface area contributed by atoms with Crippen molar-refractivity contribution in [2.75, 3.05) is 52.4 Å². The first-order valence-corrected chi connectivity index (χ1v) is 10.3. The average Bonchev–Trinajstić information content (AvgIpc) is 2.70. The second kappa shape index (κ2) is 11.9. The first-order chi connectivity index (χ1) is 12.7. The minimum absolute atomic E-state index is 0.494. The summed E-state index contributed by atoms with van der Waals surface area (Å²) in [5.41, 5.74) is 1.40. The van der Waals surface area contributed by atoms with Crippen molar-refractivity contribution in [3.05, 3.63) is 35.9 Å². The van der Waals surface area contributed by atoms with Gasteiger partial charge in [-0.25, -0.2) is 0 Å². The van der Waals surface area contributed by atoms with E-state index in [4.69, 9.17) is 4.99 Å². The summed E-state index contributed by atoms with van der Waals surface area (Å²) >= 11 is 0. The minimum atomic E-state index is 0.494. The Morgan fingerprint density at radius 3 is 2.46 bits per heavy atom. The van der Waals surface area contributed by atoms with Crippen molar-refractivity contribution in [3.8, 4) is 0 Å². The number of rotatable bonds is 9. The summed E-state index contributed by atoms with van der Waals surface area (Å²) in [6.45, 7) is 15.2. The predicted octanol–water partition coefficient (Wildman–Crippen LogP) is 2.20. The van der Waals surface area contributed by atoms with E-state index in [1.165, 1.54) is 18.7 Å². The van der Waals surface area contributed by atoms with Gasteiger partial charge >= 0.3 is 0 Å². The van der Waals surface area contributed by atoms with E-state index >= 15 is 0 Å². The number of aryl methyl sites for hydroxylation is 1. The van der Waals surface area contributed by atoms with Crippen molar-refractivity contribution < 1.29 is 0 Å². The molecule has 1 atom stereocenters. The highest BCUT2D eigenvalue weighted by atomic mass is 15.3. The Morgan fingerprint density at radius 1 is 1.08 bits per heavy atom. The van der Waals surface area contributed by atoms with E-state index in [2.05, 4.69) is 71.5 Å². The van der Waals surface area contributed by atoms with Crippen LogP contribution in [-0.4, -0.2) is 74.2 Å². The van der Waals surface area contributed by atoms with Gasteiger partial charge in [-0.05, 0) is 38.8 Å². The summed E-state index contributed by atoms with van der Waals surface area (Å²) < 4.78 is 0. The highest BCUT2D eigenvalue weighted by molar-refractivity contribution is 5.79. The number of hydrogen-bond donors (Lipinski definition) is 2. The molecule has 0 saturated carbocycles. The Hall–Kier alpha value is -1.59. The molecule has 5 nitrogen and oxygen atoms in total. The number of likely N-dealkylation sites (N-methyl/N-ethyl adjacent to an activating group) is 1. The topological polar surface area (TPSA) is 42.9 Å². The van der Waals surface area contributed by atoms with Gasteiger partial charge < -0.3 is 15.5 Å². The van der Waals surface area contributed by atoms with Crippen LogP contribution in [0.2, 0.25) is 0 Å². The third-order valence-corrected chi connectivity index (χ3v) is 5.11. The van der Waals surface area contributed by atoms with E-state index in [0.717, 1.165) is 58.1 Å². The molecule has 1 aliphatic rings. The summed E-state index contributed by atoms with van der Waals surface area (Å²) in [6.07, 6.45) is 2.22. The zero-order valence-electron chi connectivity index (χ0n) is 16.9. The van der Waals surface area contributed by atoms with Gasteiger partial charge in [0.2, 0.25) is 0 Å². The van der Waals surface area contributed by atoms with Crippen LogP contribution in [0.3, 0.4) is 0 Å². The second-order valence-corrected chi connectivity index (χ2v) is 7.05. The fourth-order valence-electron chi connectivity index (χ4n) is 3.34. The zero-order chi connectivity index (χ0) is 18.6. The number of piperazine rings is 1. The smallest absolute Gasteiger partial charge is 0.191 e. The number of hydrogen-bond acceptors (Lipinski definition) is 3. The molecular weight excluding hydrogens is 322 g/mol. The van der Waals surface area contributed by atoms with Gasteiger partial charge in [-0.3, -0.25) is 9.89 Å². The normalized spacial score (nSPS) is 17.9. The lowest BCUT2D eigenvalue weighted by molar-refractivity contribution is 0.109. The lowest BCUT2D eigenvalue weighted by Crippen LogP contribution is -2.50. The van der Waals surface area contributed by atoms with Crippen molar-refractivity contribution in [1.82, 2.24) is 20.4 Å². The number of aliphatic imine (C=N–C) groups is 1. The largest absolute Gasteiger partial charge is 0.357 e. The van der Waals surface area contributed by atoms with E-state index in [1.54, 1.807) is 0 Å². The number of nitrogens with one attached hydrogen (secondary N) is 2. The first-order valence-electron chi connectivity index (χ1n) is 10.3. The fourth-order valence-corrected chi connectivity index (χ4v) is 3.34. The molecule has 0 radical (unpaired) electrons. The fraction of sp³-hybridized carbons (Fsp3) is 0.667. The van der Waals surface area contributed by atoms with Gasteiger partial charge in [0.15, 0.2) is 5.96 Å². The summed E-state index contributed by atoms with van der Waals surface area (Å²) in [6, 6.07) is 11.2. The molecule has 1 aliphatic heterocycles. The average molecular weight is 360 g/mol. The molecule has 0 bridgehead atoms. The molecule has 0 amide bonds. The van der Waals surface area contributed by atoms with Crippen LogP contribution in [0, 0.1) is 0 Å². The van der Waals surface area contributed by atoms with Crippen LogP contribution in [-0.2, 0) is 6.42 Å². The monoisotopic (exact) mass is 359 g/mol. The second-order valence-electron chi connectivity index (χ2n) is 7.05. The quantitative estimate of drug-likeness (QED) is 0.403. The maximum Gasteiger partial charge on any atom is 0.191 e. The van der Waals surface area contributed by atoms with Gasteiger partial charge in [-0.2, -0.15) is 0 Å². The van der Waals surface area contributed by atoms with Crippen molar-refractivity contribution in [2.45, 2.75) is 39.7 Å². The van der Waals surface area contributed by atoms with Gasteiger partial charge in [-0.15, -0.1) is 0 Å². The molecule has 1 unspecified atom stereocenters. The van der Waals surface area contributed by atoms with E-state index in [1.807, 2.05) is 0 Å². The molecule has 0 aromatic heterocycles. The maximum absolute atomic E-state index is 4.81. The van der Waals surface area contributed by atoms with Crippen molar-refractivity contribution in [2.24, 2.45) is 4.99 Å². The molecule has 1 heterocycles. The molecule has 1 aromatic carbocycles. The molecule has 0 spiro atoms. The van der Waals surface area contributed by atoms with E-state index < -0.39 is 0 Å². The third-order valence-electron chi connectivity index (χ3n) is 5.11. The lowest BCUT2D eigenvalue weighted by atomic mass is 10.1. The Balaban J connectivity index is 1.71. The van der Waals surface area contributed by atoms with Gasteiger partial charge in [0.05, 0.1) is 6.54 Å². The Morgan fingerprint density at radius 2 is 1.81 bits per heavy atom. The lowest BCUT2D eigenvalue weighted by Gasteiger charge is -2.37. The molecule has 26 heavy (non-hydrogen) atoms. The molecule has 5 heteroatoms. The highest BCUT2D eigenvalue weighted by Crippen LogP contribution is 2.06. The zero-order valence-corrected chi connectivity index (χ0v) is 16.9. The molecule has 1 fully saturated rings. The molecule has 0 aliphatic carbocycles. The summed E-state index contributed by atoms with van der Waals surface area (Å²) in [5, 5.41) is 6.85. The van der Waals surface area contributed by atoms with Crippen LogP contribution in [0.5, 0.6) is 0 Å². The van der Waals surface area contributed by atoms with E-state index in [9.17, 15) is 0 Å². The third kappa shape index (κ3) is 7.34. The number of nitrogens with zero attached hydrogens (tertiary/aromatic N) is 3. The summed E-state index contributed by atoms with van der Waals surface area (Å²) in [4.78, 5) is 9.89. The summed E-state index contributed by atoms with van der Waals surface area (Å²) in [5.74, 6) is 0.944. The maximum atomic E-state index is 4.81. The molecule has 1 aromatic rings. The molecule has 2 N–H and O–H groups in total. The van der Waals surface area contributed by atoms with Crippen LogP contribution in [0.4, 0.5) is 0 Å². The molecule has 146 valence electrons. The van der Waals surface area contributed by atoms with Crippen LogP contribution in [0.25, 0.3) is 0 Å². The molecule has 2 rings (SSSR count). The van der Waals surface area contributed by atoms with Gasteiger partial charge in [0.1, 0.15) is 0 Å². The van der Waals surface area contributed by atoms with E-state index in [0.29, 0.717) is 6.04 Å². The van der Waals surface area contributed by atoms with Crippen LogP contribution in [0.1, 0.15) is 32.8 Å². The van der Waals surface area contributed by atoms with Crippen LogP contribution in [0.15, 0.2) is 35.3 Å². The van der Waals surface area contributed by atoms with Crippen molar-refractivity contribution >= 4 is 5.96 Å². The number of benzene rings is 1. The Kier molecular flexibility index (Phi) is 9.50. The van der Waals surface area contributed by atoms with Crippen molar-refractivity contribution in [1.29, 1.82) is 0 Å². The van der Waals surface area contributed by atoms with Crippen LogP contribution < -0.4 is 10.6 Å². The van der Waals surface area contributed by atoms with Crippen LogP contribution >= 0.6 is 0 Å². The van der Waals surface area contributed by atoms with Gasteiger partial charge in [0, 0.05) is 45.3 Å². The Labute approximate surface area is 159 Å². The minimum Gasteiger partial charge on any atom is -0.357 e. The molecular formula is C21H37N5. The predicted molar refractivity (Wildman–Crippen MR) is 112 cm³/mol. The number of guanidine groups is 1. The first kappa shape index (κ1) is 20.7.